The Morgan fingerprint density at radius 1 is 1.08 bits per heavy atom. The molecule has 132 valence electrons. The predicted octanol–water partition coefficient (Wildman–Crippen LogP) is 3.64. The molecule has 2 heterocycles. The third-order valence-corrected chi connectivity index (χ3v) is 6.25. The molecule has 0 bridgehead atoms. The molecule has 25 heavy (non-hydrogen) atoms. The van der Waals surface area contributed by atoms with Gasteiger partial charge in [0.1, 0.15) is 5.01 Å². The average Bonchev–Trinajstić information content (AvgIpc) is 2.92. The highest BCUT2D eigenvalue weighted by molar-refractivity contribution is 7.13. The number of hydrogen-bond donors (Lipinski definition) is 0. The van der Waals surface area contributed by atoms with Gasteiger partial charge in [-0.15, -0.1) is 11.3 Å². The Labute approximate surface area is 153 Å². The molecule has 4 rings (SSSR count). The van der Waals surface area contributed by atoms with Gasteiger partial charge in [0.15, 0.2) is 0 Å². The van der Waals surface area contributed by atoms with E-state index < -0.39 is 0 Å². The second-order valence-corrected chi connectivity index (χ2v) is 7.95. The molecular formula is C20H25N3OS. The summed E-state index contributed by atoms with van der Waals surface area (Å²) in [6.07, 6.45) is 4.48. The first-order chi connectivity index (χ1) is 12.3. The van der Waals surface area contributed by atoms with Crippen LogP contribution in [0.15, 0.2) is 35.7 Å². The fourth-order valence-corrected chi connectivity index (χ4v) is 4.40. The van der Waals surface area contributed by atoms with Crippen LogP contribution in [0.4, 0.5) is 0 Å². The standard InChI is InChI=1S/C20H25N3OS/c24-20(17-8-4-9-17)23-11-5-10-22(12-13-23)14-18-15-25-19(21-18)16-6-2-1-3-7-16/h1-3,6-7,15,17H,4-5,8-14H2. The molecule has 2 aromatic rings. The molecule has 5 heteroatoms. The molecule has 1 aliphatic carbocycles. The predicted molar refractivity (Wildman–Crippen MR) is 101 cm³/mol. The maximum Gasteiger partial charge on any atom is 0.225 e. The number of carbonyl (C=O) groups excluding carboxylic acids is 1. The van der Waals surface area contributed by atoms with Gasteiger partial charge in [0.05, 0.1) is 5.69 Å². The molecule has 1 aliphatic heterocycles. The zero-order valence-electron chi connectivity index (χ0n) is 14.6. The van der Waals surface area contributed by atoms with Gasteiger partial charge in [-0.2, -0.15) is 0 Å². The van der Waals surface area contributed by atoms with E-state index in [-0.39, 0.29) is 0 Å². The van der Waals surface area contributed by atoms with Crippen molar-refractivity contribution in [2.75, 3.05) is 26.2 Å². The van der Waals surface area contributed by atoms with E-state index in [1.165, 1.54) is 12.0 Å². The van der Waals surface area contributed by atoms with Gasteiger partial charge in [-0.05, 0) is 19.3 Å². The van der Waals surface area contributed by atoms with Crippen molar-refractivity contribution in [2.24, 2.45) is 5.92 Å². The first-order valence-electron chi connectivity index (χ1n) is 9.30. The number of amides is 1. The molecule has 1 aromatic heterocycles. The summed E-state index contributed by atoms with van der Waals surface area (Å²) in [6, 6.07) is 10.4. The molecule has 0 radical (unpaired) electrons. The van der Waals surface area contributed by atoms with Gasteiger partial charge in [0.2, 0.25) is 5.91 Å². The molecule has 0 spiro atoms. The summed E-state index contributed by atoms with van der Waals surface area (Å²) in [5.74, 6) is 0.714. The lowest BCUT2D eigenvalue weighted by molar-refractivity contribution is -0.138. The highest BCUT2D eigenvalue weighted by Crippen LogP contribution is 2.29. The van der Waals surface area contributed by atoms with Crippen LogP contribution in [-0.4, -0.2) is 46.9 Å². The second-order valence-electron chi connectivity index (χ2n) is 7.09. The van der Waals surface area contributed by atoms with Crippen LogP contribution >= 0.6 is 11.3 Å². The Hall–Kier alpha value is -1.72. The van der Waals surface area contributed by atoms with Gasteiger partial charge in [0.25, 0.3) is 0 Å². The zero-order chi connectivity index (χ0) is 17.1. The second kappa shape index (κ2) is 7.67. The zero-order valence-corrected chi connectivity index (χ0v) is 15.4. The van der Waals surface area contributed by atoms with Crippen LogP contribution in [0.1, 0.15) is 31.4 Å². The monoisotopic (exact) mass is 355 g/mol. The summed E-state index contributed by atoms with van der Waals surface area (Å²) in [6.45, 7) is 4.67. The highest BCUT2D eigenvalue weighted by Gasteiger charge is 2.30. The molecule has 2 aliphatic rings. The number of aromatic nitrogens is 1. The van der Waals surface area contributed by atoms with E-state index in [4.69, 9.17) is 4.98 Å². The van der Waals surface area contributed by atoms with Crippen LogP contribution in [0.5, 0.6) is 0 Å². The summed E-state index contributed by atoms with van der Waals surface area (Å²) in [7, 11) is 0. The van der Waals surface area contributed by atoms with Crippen molar-refractivity contribution in [3.63, 3.8) is 0 Å². The minimum atomic E-state index is 0.318. The number of benzene rings is 1. The van der Waals surface area contributed by atoms with E-state index in [0.717, 1.165) is 62.7 Å². The summed E-state index contributed by atoms with van der Waals surface area (Å²) < 4.78 is 0. The molecule has 0 N–H and O–H groups in total. The molecule has 2 fully saturated rings. The number of carbonyl (C=O) groups is 1. The molecule has 4 nitrogen and oxygen atoms in total. The van der Waals surface area contributed by atoms with Gasteiger partial charge in [-0.3, -0.25) is 9.69 Å². The SMILES string of the molecule is O=C(C1CCC1)N1CCCN(Cc2csc(-c3ccccc3)n2)CC1. The van der Waals surface area contributed by atoms with E-state index in [0.29, 0.717) is 11.8 Å². The van der Waals surface area contributed by atoms with Crippen molar-refractivity contribution in [3.05, 3.63) is 41.4 Å². The molecule has 1 aromatic carbocycles. The average molecular weight is 356 g/mol. The fraction of sp³-hybridized carbons (Fsp3) is 0.500. The normalized spacial score (nSPS) is 19.4. The largest absolute Gasteiger partial charge is 0.341 e. The van der Waals surface area contributed by atoms with Crippen LogP contribution in [-0.2, 0) is 11.3 Å². The van der Waals surface area contributed by atoms with Crippen molar-refractivity contribution < 1.29 is 4.79 Å². The summed E-state index contributed by atoms with van der Waals surface area (Å²) >= 11 is 1.71. The van der Waals surface area contributed by atoms with E-state index in [9.17, 15) is 4.79 Å². The topological polar surface area (TPSA) is 36.4 Å². The summed E-state index contributed by atoms with van der Waals surface area (Å²) in [5, 5.41) is 3.26. The quantitative estimate of drug-likeness (QED) is 0.840. The Balaban J connectivity index is 1.34. The smallest absolute Gasteiger partial charge is 0.225 e. The summed E-state index contributed by atoms with van der Waals surface area (Å²) in [4.78, 5) is 21.8. The minimum absolute atomic E-state index is 0.318. The number of nitrogens with zero attached hydrogens (tertiary/aromatic N) is 3. The molecule has 1 saturated carbocycles. The van der Waals surface area contributed by atoms with Gasteiger partial charge < -0.3 is 4.90 Å². The van der Waals surface area contributed by atoms with Gasteiger partial charge in [-0.1, -0.05) is 36.8 Å². The fourth-order valence-electron chi connectivity index (χ4n) is 3.58. The number of hydrogen-bond acceptors (Lipinski definition) is 4. The molecule has 1 amide bonds. The van der Waals surface area contributed by atoms with Crippen LogP contribution in [0.2, 0.25) is 0 Å². The Morgan fingerprint density at radius 2 is 1.92 bits per heavy atom. The molecule has 0 unspecified atom stereocenters. The van der Waals surface area contributed by atoms with Crippen LogP contribution in [0, 0.1) is 5.92 Å². The first-order valence-corrected chi connectivity index (χ1v) is 10.2. The van der Waals surface area contributed by atoms with Crippen molar-refractivity contribution in [1.82, 2.24) is 14.8 Å². The molecule has 0 atom stereocenters. The lowest BCUT2D eigenvalue weighted by Gasteiger charge is -2.31. The van der Waals surface area contributed by atoms with Crippen LogP contribution in [0.25, 0.3) is 10.6 Å². The molecular weight excluding hydrogens is 330 g/mol. The molecule has 1 saturated heterocycles. The van der Waals surface area contributed by atoms with Crippen molar-refractivity contribution in [2.45, 2.75) is 32.2 Å². The van der Waals surface area contributed by atoms with E-state index >= 15 is 0 Å². The third kappa shape index (κ3) is 3.93. The highest BCUT2D eigenvalue weighted by atomic mass is 32.1. The van der Waals surface area contributed by atoms with Gasteiger partial charge in [-0.25, -0.2) is 4.98 Å². The van der Waals surface area contributed by atoms with Crippen molar-refractivity contribution in [3.8, 4) is 10.6 Å². The third-order valence-electron chi connectivity index (χ3n) is 5.31. The maximum absolute atomic E-state index is 12.5. The Morgan fingerprint density at radius 3 is 2.68 bits per heavy atom. The van der Waals surface area contributed by atoms with Crippen LogP contribution in [0.3, 0.4) is 0 Å². The Bertz CT molecular complexity index is 711. The number of rotatable bonds is 4. The van der Waals surface area contributed by atoms with Crippen molar-refractivity contribution >= 4 is 17.2 Å². The lowest BCUT2D eigenvalue weighted by atomic mass is 9.84. The number of thiazole rings is 1. The van der Waals surface area contributed by atoms with E-state index in [2.05, 4.69) is 39.4 Å². The van der Waals surface area contributed by atoms with Crippen molar-refractivity contribution in [1.29, 1.82) is 0 Å². The minimum Gasteiger partial charge on any atom is -0.341 e. The lowest BCUT2D eigenvalue weighted by Crippen LogP contribution is -2.41. The van der Waals surface area contributed by atoms with E-state index in [1.807, 2.05) is 6.07 Å². The Kier molecular flexibility index (Phi) is 5.13. The van der Waals surface area contributed by atoms with Gasteiger partial charge in [0, 0.05) is 49.6 Å². The first kappa shape index (κ1) is 16.7. The van der Waals surface area contributed by atoms with Crippen LogP contribution < -0.4 is 0 Å². The summed E-state index contributed by atoms with van der Waals surface area (Å²) in [5.41, 5.74) is 2.33. The maximum atomic E-state index is 12.5. The van der Waals surface area contributed by atoms with Gasteiger partial charge >= 0.3 is 0 Å². The van der Waals surface area contributed by atoms with E-state index in [1.54, 1.807) is 11.3 Å².